The molecule has 0 unspecified atom stereocenters. The van der Waals surface area contributed by atoms with Crippen LogP contribution < -0.4 is 5.43 Å². The predicted molar refractivity (Wildman–Crippen MR) is 90.0 cm³/mol. The molecule has 0 radical (unpaired) electrons. The number of hydrogen-bond donors (Lipinski definition) is 0. The molecule has 3 aromatic rings. The number of rotatable bonds is 2. The van der Waals surface area contributed by atoms with E-state index in [0.717, 1.165) is 9.13 Å². The van der Waals surface area contributed by atoms with Crippen LogP contribution in [0.1, 0.15) is 12.7 Å². The number of benzene rings is 2. The number of aryl methyl sites for hydroxylation is 1. The summed E-state index contributed by atoms with van der Waals surface area (Å²) >= 11 is 2.19. The van der Waals surface area contributed by atoms with Crippen molar-refractivity contribution in [1.82, 2.24) is 0 Å². The first-order chi connectivity index (χ1) is 10.1. The molecule has 0 amide bonds. The molecule has 3 rings (SSSR count). The summed E-state index contributed by atoms with van der Waals surface area (Å²) in [7, 11) is 0. The van der Waals surface area contributed by atoms with Crippen molar-refractivity contribution >= 4 is 33.6 Å². The van der Waals surface area contributed by atoms with Gasteiger partial charge in [-0.3, -0.25) is 4.79 Å². The maximum atomic E-state index is 14.0. The molecule has 0 saturated carbocycles. The van der Waals surface area contributed by atoms with Crippen LogP contribution in [0.15, 0.2) is 51.7 Å². The number of halogens is 2. The summed E-state index contributed by atoms with van der Waals surface area (Å²) in [5, 5.41) is 0.0172. The summed E-state index contributed by atoms with van der Waals surface area (Å²) in [6.07, 6.45) is 0.572. The average Bonchev–Trinajstić information content (AvgIpc) is 2.46. The van der Waals surface area contributed by atoms with Gasteiger partial charge in [0.1, 0.15) is 22.5 Å². The van der Waals surface area contributed by atoms with Crippen molar-refractivity contribution in [2.75, 3.05) is 0 Å². The molecular formula is C17H12FIO2. The zero-order valence-electron chi connectivity index (χ0n) is 11.3. The largest absolute Gasteiger partial charge is 0.460 e. The van der Waals surface area contributed by atoms with Crippen LogP contribution in [-0.2, 0) is 6.42 Å². The second kappa shape index (κ2) is 5.60. The van der Waals surface area contributed by atoms with E-state index in [1.54, 1.807) is 12.1 Å². The Hall–Kier alpha value is -1.69. The standard InChI is InChI=1S/C17H12FIO2/c1-2-13-15(10-5-3-6-11(19)9-10)17(20)16-12(18)7-4-8-14(16)21-13/h3-9H,2H2,1H3. The lowest BCUT2D eigenvalue weighted by Gasteiger charge is -2.09. The van der Waals surface area contributed by atoms with Crippen molar-refractivity contribution in [2.24, 2.45) is 0 Å². The number of hydrogen-bond acceptors (Lipinski definition) is 2. The highest BCUT2D eigenvalue weighted by Gasteiger charge is 2.17. The van der Waals surface area contributed by atoms with Gasteiger partial charge < -0.3 is 4.42 Å². The van der Waals surface area contributed by atoms with Gasteiger partial charge in [-0.15, -0.1) is 0 Å². The van der Waals surface area contributed by atoms with Crippen LogP contribution >= 0.6 is 22.6 Å². The highest BCUT2D eigenvalue weighted by Crippen LogP contribution is 2.27. The van der Waals surface area contributed by atoms with Gasteiger partial charge in [-0.25, -0.2) is 4.39 Å². The van der Waals surface area contributed by atoms with Crippen molar-refractivity contribution in [3.05, 3.63) is 67.8 Å². The second-order valence-electron chi connectivity index (χ2n) is 4.71. The van der Waals surface area contributed by atoms with Crippen molar-refractivity contribution in [3.63, 3.8) is 0 Å². The predicted octanol–water partition coefficient (Wildman–Crippen LogP) is 4.77. The Morgan fingerprint density at radius 1 is 1.19 bits per heavy atom. The van der Waals surface area contributed by atoms with Gasteiger partial charge in [-0.05, 0) is 52.4 Å². The van der Waals surface area contributed by atoms with Crippen LogP contribution in [0.3, 0.4) is 0 Å². The zero-order chi connectivity index (χ0) is 15.0. The molecule has 0 N–H and O–H groups in total. The van der Waals surface area contributed by atoms with E-state index >= 15 is 0 Å². The van der Waals surface area contributed by atoms with Crippen LogP contribution in [0.4, 0.5) is 4.39 Å². The maximum Gasteiger partial charge on any atom is 0.203 e. The SMILES string of the molecule is CCc1oc2cccc(F)c2c(=O)c1-c1cccc(I)c1. The van der Waals surface area contributed by atoms with Crippen LogP contribution in [0, 0.1) is 9.39 Å². The molecule has 0 fully saturated rings. The molecule has 0 saturated heterocycles. The lowest BCUT2D eigenvalue weighted by atomic mass is 10.0. The molecule has 4 heteroatoms. The first kappa shape index (κ1) is 14.3. The molecule has 106 valence electrons. The first-order valence-electron chi connectivity index (χ1n) is 6.62. The Balaban J connectivity index is 2.44. The van der Waals surface area contributed by atoms with E-state index in [1.165, 1.54) is 6.07 Å². The molecule has 0 aliphatic rings. The fourth-order valence-corrected chi connectivity index (χ4v) is 2.97. The summed E-state index contributed by atoms with van der Waals surface area (Å²) in [6, 6.07) is 12.0. The van der Waals surface area contributed by atoms with E-state index in [9.17, 15) is 9.18 Å². The molecule has 1 aromatic heterocycles. The van der Waals surface area contributed by atoms with Gasteiger partial charge in [0, 0.05) is 9.99 Å². The Morgan fingerprint density at radius 2 is 1.95 bits per heavy atom. The van der Waals surface area contributed by atoms with E-state index in [0.29, 0.717) is 23.3 Å². The molecule has 21 heavy (non-hydrogen) atoms. The molecule has 0 aliphatic heterocycles. The second-order valence-corrected chi connectivity index (χ2v) is 5.95. The van der Waals surface area contributed by atoms with E-state index in [1.807, 2.05) is 31.2 Å². The Bertz CT molecular complexity index is 884. The average molecular weight is 394 g/mol. The molecule has 0 aliphatic carbocycles. The fourth-order valence-electron chi connectivity index (χ4n) is 2.43. The number of fused-ring (bicyclic) bond motifs is 1. The summed E-state index contributed by atoms with van der Waals surface area (Å²) in [5.74, 6) is 0.0379. The summed E-state index contributed by atoms with van der Waals surface area (Å²) in [4.78, 5) is 12.7. The Kier molecular flexibility index (Phi) is 3.80. The van der Waals surface area contributed by atoms with Gasteiger partial charge in [0.15, 0.2) is 0 Å². The van der Waals surface area contributed by atoms with Crippen molar-refractivity contribution in [2.45, 2.75) is 13.3 Å². The maximum absolute atomic E-state index is 14.0. The third kappa shape index (κ3) is 2.48. The quantitative estimate of drug-likeness (QED) is 0.587. The van der Waals surface area contributed by atoms with Crippen molar-refractivity contribution in [3.8, 4) is 11.1 Å². The normalized spacial score (nSPS) is 11.0. The van der Waals surface area contributed by atoms with Crippen LogP contribution in [-0.4, -0.2) is 0 Å². The van der Waals surface area contributed by atoms with Gasteiger partial charge in [-0.2, -0.15) is 0 Å². The topological polar surface area (TPSA) is 30.2 Å². The highest BCUT2D eigenvalue weighted by molar-refractivity contribution is 14.1. The van der Waals surface area contributed by atoms with Gasteiger partial charge in [-0.1, -0.05) is 25.1 Å². The third-order valence-electron chi connectivity index (χ3n) is 3.38. The van der Waals surface area contributed by atoms with Crippen molar-refractivity contribution < 1.29 is 8.81 Å². The zero-order valence-corrected chi connectivity index (χ0v) is 13.5. The summed E-state index contributed by atoms with van der Waals surface area (Å²) in [5.41, 5.74) is 1.20. The van der Waals surface area contributed by atoms with E-state index < -0.39 is 5.82 Å². The smallest absolute Gasteiger partial charge is 0.203 e. The molecule has 0 spiro atoms. The lowest BCUT2D eigenvalue weighted by Crippen LogP contribution is -2.10. The minimum atomic E-state index is -0.546. The molecule has 1 heterocycles. The molecule has 2 nitrogen and oxygen atoms in total. The fraction of sp³-hybridized carbons (Fsp3) is 0.118. The van der Waals surface area contributed by atoms with Gasteiger partial charge in [0.05, 0.1) is 5.56 Å². The molecular weight excluding hydrogens is 382 g/mol. The van der Waals surface area contributed by atoms with E-state index in [4.69, 9.17) is 4.42 Å². The molecule has 0 atom stereocenters. The molecule has 0 bridgehead atoms. The highest BCUT2D eigenvalue weighted by atomic mass is 127. The lowest BCUT2D eigenvalue weighted by molar-refractivity contribution is 0.542. The van der Waals surface area contributed by atoms with Gasteiger partial charge >= 0.3 is 0 Å². The van der Waals surface area contributed by atoms with Crippen molar-refractivity contribution in [1.29, 1.82) is 0 Å². The van der Waals surface area contributed by atoms with Crippen LogP contribution in [0.25, 0.3) is 22.1 Å². The monoisotopic (exact) mass is 394 g/mol. The van der Waals surface area contributed by atoms with E-state index in [2.05, 4.69) is 22.6 Å². The molecule has 2 aromatic carbocycles. The minimum absolute atomic E-state index is 0.0172. The van der Waals surface area contributed by atoms with Crippen LogP contribution in [0.5, 0.6) is 0 Å². The summed E-state index contributed by atoms with van der Waals surface area (Å²) in [6.45, 7) is 1.92. The Labute approximate surface area is 134 Å². The third-order valence-corrected chi connectivity index (χ3v) is 4.05. The van der Waals surface area contributed by atoms with Gasteiger partial charge in [0.25, 0.3) is 0 Å². The Morgan fingerprint density at radius 3 is 2.67 bits per heavy atom. The van der Waals surface area contributed by atoms with Crippen LogP contribution in [0.2, 0.25) is 0 Å². The minimum Gasteiger partial charge on any atom is -0.460 e. The van der Waals surface area contributed by atoms with E-state index in [-0.39, 0.29) is 10.8 Å². The first-order valence-corrected chi connectivity index (χ1v) is 7.70. The van der Waals surface area contributed by atoms with Gasteiger partial charge in [0.2, 0.25) is 5.43 Å². The summed E-state index contributed by atoms with van der Waals surface area (Å²) < 4.78 is 20.8.